The quantitative estimate of drug-likeness (QED) is 0.766. The van der Waals surface area contributed by atoms with Crippen molar-refractivity contribution in [2.75, 3.05) is 25.0 Å². The summed E-state index contributed by atoms with van der Waals surface area (Å²) in [5, 5.41) is 12.9. The number of ether oxygens (including phenoxy) is 1. The van der Waals surface area contributed by atoms with Crippen molar-refractivity contribution in [3.63, 3.8) is 0 Å². The minimum absolute atomic E-state index is 0.0235. The summed E-state index contributed by atoms with van der Waals surface area (Å²) in [6, 6.07) is 3.54. The average molecular weight is 335 g/mol. The second-order valence-corrected chi connectivity index (χ2v) is 4.46. The lowest BCUT2D eigenvalue weighted by Gasteiger charge is -2.25. The lowest BCUT2D eigenvalue weighted by Crippen LogP contribution is -2.48. The van der Waals surface area contributed by atoms with Crippen molar-refractivity contribution >= 4 is 17.7 Å². The average Bonchev–Trinajstić information content (AvgIpc) is 2.39. The van der Waals surface area contributed by atoms with Crippen LogP contribution >= 0.6 is 0 Å². The number of nitrogens with zero attached hydrogens (tertiary/aromatic N) is 1. The van der Waals surface area contributed by atoms with Gasteiger partial charge in [0.25, 0.3) is 0 Å². The molecule has 1 amide bonds. The first-order valence-electron chi connectivity index (χ1n) is 6.64. The lowest BCUT2D eigenvalue weighted by atomic mass is 10.0. The molecule has 0 aliphatic carbocycles. The van der Waals surface area contributed by atoms with Gasteiger partial charge in [-0.05, 0) is 19.1 Å². The Morgan fingerprint density at radius 1 is 1.43 bits per heavy atom. The van der Waals surface area contributed by atoms with Gasteiger partial charge < -0.3 is 20.5 Å². The molecule has 23 heavy (non-hydrogen) atoms. The number of carboxylic acid groups (broad SMARTS) is 1. The van der Waals surface area contributed by atoms with Gasteiger partial charge in [-0.3, -0.25) is 4.79 Å². The van der Waals surface area contributed by atoms with Crippen LogP contribution in [-0.4, -0.2) is 47.8 Å². The minimum Gasteiger partial charge on any atom is -0.492 e. The number of aliphatic carboxylic acids is 1. The summed E-state index contributed by atoms with van der Waals surface area (Å²) in [6.45, 7) is 4.03. The molecule has 1 aromatic heterocycles. The monoisotopic (exact) mass is 335 g/mol. The molecule has 2 heterocycles. The van der Waals surface area contributed by atoms with Crippen LogP contribution in [0.3, 0.4) is 0 Å². The SMILES string of the molecule is CCOc1ccc(NC(=O)C2CNC2)nc1.O=C(O)C(F)(F)F. The Kier molecular flexibility index (Phi) is 6.76. The van der Waals surface area contributed by atoms with E-state index >= 15 is 0 Å². The van der Waals surface area contributed by atoms with Gasteiger partial charge in [0.1, 0.15) is 11.6 Å². The summed E-state index contributed by atoms with van der Waals surface area (Å²) in [7, 11) is 0. The molecule has 1 aromatic rings. The third-order valence-electron chi connectivity index (χ3n) is 2.69. The number of hydrogen-bond acceptors (Lipinski definition) is 5. The number of carbonyl (C=O) groups excluding carboxylic acids is 1. The van der Waals surface area contributed by atoms with Crippen molar-refractivity contribution in [2.45, 2.75) is 13.1 Å². The maximum Gasteiger partial charge on any atom is 0.490 e. The van der Waals surface area contributed by atoms with Crippen LogP contribution < -0.4 is 15.4 Å². The predicted octanol–water partition coefficient (Wildman–Crippen LogP) is 1.27. The number of anilines is 1. The fraction of sp³-hybridized carbons (Fsp3) is 0.462. The molecule has 10 heteroatoms. The highest BCUT2D eigenvalue weighted by atomic mass is 19.4. The molecule has 1 saturated heterocycles. The van der Waals surface area contributed by atoms with Crippen LogP contribution in [-0.2, 0) is 9.59 Å². The molecule has 1 aliphatic rings. The van der Waals surface area contributed by atoms with Crippen molar-refractivity contribution in [1.29, 1.82) is 0 Å². The van der Waals surface area contributed by atoms with Crippen molar-refractivity contribution in [2.24, 2.45) is 5.92 Å². The normalized spacial score (nSPS) is 14.1. The van der Waals surface area contributed by atoms with Crippen molar-refractivity contribution in [3.8, 4) is 5.75 Å². The Bertz CT molecular complexity index is 530. The van der Waals surface area contributed by atoms with Gasteiger partial charge in [-0.1, -0.05) is 0 Å². The third-order valence-corrected chi connectivity index (χ3v) is 2.69. The molecule has 0 bridgehead atoms. The van der Waals surface area contributed by atoms with Gasteiger partial charge in [0.2, 0.25) is 5.91 Å². The second-order valence-electron chi connectivity index (χ2n) is 4.46. The van der Waals surface area contributed by atoms with E-state index in [0.29, 0.717) is 18.2 Å². The van der Waals surface area contributed by atoms with E-state index in [1.54, 1.807) is 18.3 Å². The highest BCUT2D eigenvalue weighted by molar-refractivity contribution is 5.92. The molecular weight excluding hydrogens is 319 g/mol. The van der Waals surface area contributed by atoms with Crippen LogP contribution in [0.5, 0.6) is 5.75 Å². The largest absolute Gasteiger partial charge is 0.492 e. The number of amides is 1. The van der Waals surface area contributed by atoms with E-state index in [-0.39, 0.29) is 11.8 Å². The van der Waals surface area contributed by atoms with E-state index < -0.39 is 12.1 Å². The zero-order chi connectivity index (χ0) is 17.5. The maximum absolute atomic E-state index is 11.6. The van der Waals surface area contributed by atoms with Gasteiger partial charge in [0.05, 0.1) is 18.7 Å². The highest BCUT2D eigenvalue weighted by Gasteiger charge is 2.38. The van der Waals surface area contributed by atoms with Crippen LogP contribution in [0.1, 0.15) is 6.92 Å². The molecule has 0 aromatic carbocycles. The maximum atomic E-state index is 11.6. The van der Waals surface area contributed by atoms with Crippen LogP contribution in [0, 0.1) is 5.92 Å². The molecular formula is C13H16F3N3O4. The Hall–Kier alpha value is -2.36. The molecule has 0 saturated carbocycles. The number of pyridine rings is 1. The van der Waals surface area contributed by atoms with Crippen LogP contribution in [0.4, 0.5) is 19.0 Å². The number of rotatable bonds is 4. The molecule has 0 radical (unpaired) electrons. The molecule has 2 rings (SSSR count). The van der Waals surface area contributed by atoms with Gasteiger partial charge >= 0.3 is 12.1 Å². The summed E-state index contributed by atoms with van der Waals surface area (Å²) in [4.78, 5) is 24.6. The van der Waals surface area contributed by atoms with E-state index in [0.717, 1.165) is 13.1 Å². The third kappa shape index (κ3) is 6.51. The number of alkyl halides is 3. The van der Waals surface area contributed by atoms with Crippen LogP contribution in [0.2, 0.25) is 0 Å². The van der Waals surface area contributed by atoms with E-state index in [1.165, 1.54) is 0 Å². The summed E-state index contributed by atoms with van der Waals surface area (Å²) in [5.41, 5.74) is 0. The lowest BCUT2D eigenvalue weighted by molar-refractivity contribution is -0.192. The van der Waals surface area contributed by atoms with Gasteiger partial charge in [-0.25, -0.2) is 9.78 Å². The van der Waals surface area contributed by atoms with E-state index in [4.69, 9.17) is 14.6 Å². The zero-order valence-corrected chi connectivity index (χ0v) is 12.2. The number of carbonyl (C=O) groups is 2. The van der Waals surface area contributed by atoms with Crippen molar-refractivity contribution in [1.82, 2.24) is 10.3 Å². The van der Waals surface area contributed by atoms with Gasteiger partial charge in [-0.2, -0.15) is 13.2 Å². The van der Waals surface area contributed by atoms with E-state index in [1.807, 2.05) is 6.92 Å². The molecule has 3 N–H and O–H groups in total. The van der Waals surface area contributed by atoms with Gasteiger partial charge in [0, 0.05) is 13.1 Å². The number of nitrogens with one attached hydrogen (secondary N) is 2. The Labute approximate surface area is 129 Å². The van der Waals surface area contributed by atoms with Crippen LogP contribution in [0.15, 0.2) is 18.3 Å². The van der Waals surface area contributed by atoms with Gasteiger partial charge in [0.15, 0.2) is 0 Å². The zero-order valence-electron chi connectivity index (χ0n) is 12.2. The van der Waals surface area contributed by atoms with E-state index in [2.05, 4.69) is 15.6 Å². The number of hydrogen-bond donors (Lipinski definition) is 3. The molecule has 1 fully saturated rings. The molecule has 0 spiro atoms. The molecule has 7 nitrogen and oxygen atoms in total. The summed E-state index contributed by atoms with van der Waals surface area (Å²) < 4.78 is 37.0. The van der Waals surface area contributed by atoms with Gasteiger partial charge in [-0.15, -0.1) is 0 Å². The molecule has 1 aliphatic heterocycles. The van der Waals surface area contributed by atoms with E-state index in [9.17, 15) is 18.0 Å². The molecule has 128 valence electrons. The fourth-order valence-corrected chi connectivity index (χ4v) is 1.41. The number of carboxylic acids is 1. The standard InChI is InChI=1S/C11H15N3O2.C2HF3O2/c1-2-16-9-3-4-10(13-7-9)14-11(15)8-5-12-6-8;3-2(4,5)1(6)7/h3-4,7-8,12H,2,5-6H2,1H3,(H,13,14,15);(H,6,7). The fourth-order valence-electron chi connectivity index (χ4n) is 1.41. The second kappa shape index (κ2) is 8.32. The first kappa shape index (κ1) is 18.7. The molecule has 0 atom stereocenters. The Morgan fingerprint density at radius 2 is 2.04 bits per heavy atom. The summed E-state index contributed by atoms with van der Waals surface area (Å²) >= 11 is 0. The van der Waals surface area contributed by atoms with Crippen molar-refractivity contribution in [3.05, 3.63) is 18.3 Å². The topological polar surface area (TPSA) is 101 Å². The first-order chi connectivity index (χ1) is 10.7. The Balaban J connectivity index is 0.000000322. The minimum atomic E-state index is -5.08. The Morgan fingerprint density at radius 3 is 2.39 bits per heavy atom. The smallest absolute Gasteiger partial charge is 0.490 e. The predicted molar refractivity (Wildman–Crippen MR) is 74.1 cm³/mol. The summed E-state index contributed by atoms with van der Waals surface area (Å²) in [5.74, 6) is -1.37. The van der Waals surface area contributed by atoms with Crippen molar-refractivity contribution < 1.29 is 32.6 Å². The first-order valence-corrected chi connectivity index (χ1v) is 6.64. The number of halogens is 3. The summed E-state index contributed by atoms with van der Waals surface area (Å²) in [6.07, 6.45) is -3.47. The highest BCUT2D eigenvalue weighted by Crippen LogP contribution is 2.14. The molecule has 0 unspecified atom stereocenters. The number of aromatic nitrogens is 1. The van der Waals surface area contributed by atoms with Crippen LogP contribution in [0.25, 0.3) is 0 Å².